The van der Waals surface area contributed by atoms with Gasteiger partial charge in [0.1, 0.15) is 5.82 Å². The Morgan fingerprint density at radius 1 is 1.00 bits per heavy atom. The molecule has 3 aromatic rings. The quantitative estimate of drug-likeness (QED) is 0.445. The van der Waals surface area contributed by atoms with Gasteiger partial charge in [-0.2, -0.15) is 5.10 Å². The first-order valence-corrected chi connectivity index (χ1v) is 10.8. The Kier molecular flexibility index (Phi) is 7.71. The standard InChI is InChI=1S/C24H30N4O2/c1-3-5-7-12-22-26-23(13-6-4-2)28(27-22)17-18-14-15-21(25-16-18)19-10-8-9-11-20(19)24(29)30/h8-11,14-16H,3-7,12-13,17H2,1-2H3,(H,29,30). The van der Waals surface area contributed by atoms with Crippen LogP contribution in [0.4, 0.5) is 0 Å². The Morgan fingerprint density at radius 3 is 2.50 bits per heavy atom. The fraction of sp³-hybridized carbons (Fsp3) is 0.417. The van der Waals surface area contributed by atoms with Crippen LogP contribution in [0.5, 0.6) is 0 Å². The van der Waals surface area contributed by atoms with Crippen molar-refractivity contribution in [2.24, 2.45) is 0 Å². The number of rotatable bonds is 11. The fourth-order valence-corrected chi connectivity index (χ4v) is 3.45. The number of aromatic nitrogens is 4. The summed E-state index contributed by atoms with van der Waals surface area (Å²) >= 11 is 0. The van der Waals surface area contributed by atoms with Crippen LogP contribution in [0.25, 0.3) is 11.3 Å². The largest absolute Gasteiger partial charge is 0.478 e. The lowest BCUT2D eigenvalue weighted by Gasteiger charge is -2.08. The Hall–Kier alpha value is -3.02. The van der Waals surface area contributed by atoms with Gasteiger partial charge in [-0.05, 0) is 30.5 Å². The van der Waals surface area contributed by atoms with Crippen LogP contribution in [0.15, 0.2) is 42.6 Å². The molecule has 30 heavy (non-hydrogen) atoms. The number of nitrogens with zero attached hydrogens (tertiary/aromatic N) is 4. The summed E-state index contributed by atoms with van der Waals surface area (Å²) in [6.45, 7) is 5.00. The molecule has 0 radical (unpaired) electrons. The number of aromatic carboxylic acids is 1. The molecule has 0 aliphatic rings. The molecule has 2 heterocycles. The van der Waals surface area contributed by atoms with Gasteiger partial charge >= 0.3 is 5.97 Å². The van der Waals surface area contributed by atoms with Crippen molar-refractivity contribution in [2.75, 3.05) is 0 Å². The number of hydrogen-bond donors (Lipinski definition) is 1. The fourth-order valence-electron chi connectivity index (χ4n) is 3.45. The van der Waals surface area contributed by atoms with Crippen molar-refractivity contribution >= 4 is 5.97 Å². The number of carboxylic acid groups (broad SMARTS) is 1. The van der Waals surface area contributed by atoms with E-state index in [1.807, 2.05) is 22.9 Å². The monoisotopic (exact) mass is 406 g/mol. The molecule has 0 fully saturated rings. The van der Waals surface area contributed by atoms with Gasteiger partial charge in [0.05, 0.1) is 17.8 Å². The minimum atomic E-state index is -0.949. The molecule has 0 saturated heterocycles. The molecule has 158 valence electrons. The number of pyridine rings is 1. The number of benzene rings is 1. The smallest absolute Gasteiger partial charge is 0.336 e. The predicted molar refractivity (Wildman–Crippen MR) is 118 cm³/mol. The molecule has 6 nitrogen and oxygen atoms in total. The SMILES string of the molecule is CCCCCc1nc(CCCC)n(Cc2ccc(-c3ccccc3C(=O)O)nc2)n1. The Bertz CT molecular complexity index is 964. The summed E-state index contributed by atoms with van der Waals surface area (Å²) < 4.78 is 2.00. The number of aryl methyl sites for hydroxylation is 2. The Labute approximate surface area is 178 Å². The third kappa shape index (κ3) is 5.53. The van der Waals surface area contributed by atoms with Crippen LogP contribution in [-0.4, -0.2) is 30.8 Å². The van der Waals surface area contributed by atoms with Gasteiger partial charge in [0, 0.05) is 24.6 Å². The maximum atomic E-state index is 11.5. The van der Waals surface area contributed by atoms with Crippen molar-refractivity contribution in [1.82, 2.24) is 19.7 Å². The average Bonchev–Trinajstić information content (AvgIpc) is 3.14. The molecule has 0 spiro atoms. The Balaban J connectivity index is 1.78. The average molecular weight is 407 g/mol. The van der Waals surface area contributed by atoms with E-state index >= 15 is 0 Å². The van der Waals surface area contributed by atoms with Crippen LogP contribution in [-0.2, 0) is 19.4 Å². The molecule has 1 aromatic carbocycles. The van der Waals surface area contributed by atoms with Gasteiger partial charge in [0.2, 0.25) is 0 Å². The maximum absolute atomic E-state index is 11.5. The van der Waals surface area contributed by atoms with Gasteiger partial charge in [-0.3, -0.25) is 4.98 Å². The lowest BCUT2D eigenvalue weighted by Crippen LogP contribution is -2.08. The zero-order valence-electron chi connectivity index (χ0n) is 17.8. The van der Waals surface area contributed by atoms with Gasteiger partial charge < -0.3 is 5.11 Å². The van der Waals surface area contributed by atoms with E-state index in [2.05, 4.69) is 18.8 Å². The second-order valence-corrected chi connectivity index (χ2v) is 7.56. The van der Waals surface area contributed by atoms with E-state index in [1.165, 1.54) is 12.8 Å². The van der Waals surface area contributed by atoms with E-state index in [0.717, 1.165) is 49.3 Å². The first kappa shape index (κ1) is 21.7. The van der Waals surface area contributed by atoms with E-state index in [9.17, 15) is 9.90 Å². The topological polar surface area (TPSA) is 80.9 Å². The summed E-state index contributed by atoms with van der Waals surface area (Å²) in [5.41, 5.74) is 2.56. The number of hydrogen-bond acceptors (Lipinski definition) is 4. The molecular formula is C24H30N4O2. The van der Waals surface area contributed by atoms with E-state index in [0.29, 0.717) is 17.8 Å². The number of carbonyl (C=O) groups is 1. The highest BCUT2D eigenvalue weighted by Crippen LogP contribution is 2.22. The molecule has 0 atom stereocenters. The van der Waals surface area contributed by atoms with Crippen molar-refractivity contribution in [1.29, 1.82) is 0 Å². The number of carboxylic acids is 1. The molecule has 0 aliphatic carbocycles. The summed E-state index contributed by atoms with van der Waals surface area (Å²) in [4.78, 5) is 20.8. The second kappa shape index (κ2) is 10.7. The molecule has 0 saturated carbocycles. The van der Waals surface area contributed by atoms with Gasteiger partial charge in [0.15, 0.2) is 5.82 Å². The van der Waals surface area contributed by atoms with Crippen molar-refractivity contribution < 1.29 is 9.90 Å². The van der Waals surface area contributed by atoms with Crippen LogP contribution in [0.2, 0.25) is 0 Å². The first-order valence-electron chi connectivity index (χ1n) is 10.8. The molecule has 3 rings (SSSR count). The van der Waals surface area contributed by atoms with Gasteiger partial charge in [0.25, 0.3) is 0 Å². The van der Waals surface area contributed by atoms with E-state index < -0.39 is 5.97 Å². The summed E-state index contributed by atoms with van der Waals surface area (Å²) in [7, 11) is 0. The van der Waals surface area contributed by atoms with E-state index in [-0.39, 0.29) is 5.56 Å². The summed E-state index contributed by atoms with van der Waals surface area (Å²) in [5.74, 6) is 1.01. The van der Waals surface area contributed by atoms with Crippen LogP contribution >= 0.6 is 0 Å². The lowest BCUT2D eigenvalue weighted by atomic mass is 10.0. The molecule has 2 aromatic heterocycles. The summed E-state index contributed by atoms with van der Waals surface area (Å²) in [6.07, 6.45) is 9.36. The van der Waals surface area contributed by atoms with Crippen molar-refractivity contribution in [3.8, 4) is 11.3 Å². The maximum Gasteiger partial charge on any atom is 0.336 e. The third-order valence-corrected chi connectivity index (χ3v) is 5.14. The molecule has 6 heteroatoms. The van der Waals surface area contributed by atoms with Crippen LogP contribution in [0, 0.1) is 0 Å². The summed E-state index contributed by atoms with van der Waals surface area (Å²) in [6, 6.07) is 10.8. The molecule has 0 aliphatic heterocycles. The molecule has 1 N–H and O–H groups in total. The van der Waals surface area contributed by atoms with Crippen molar-refractivity contribution in [2.45, 2.75) is 65.3 Å². The normalized spacial score (nSPS) is 11.0. The zero-order chi connectivity index (χ0) is 21.3. The highest BCUT2D eigenvalue weighted by Gasteiger charge is 2.13. The van der Waals surface area contributed by atoms with E-state index in [1.54, 1.807) is 24.4 Å². The zero-order valence-corrected chi connectivity index (χ0v) is 17.8. The number of unbranched alkanes of at least 4 members (excludes halogenated alkanes) is 3. The van der Waals surface area contributed by atoms with Gasteiger partial charge in [-0.15, -0.1) is 0 Å². The van der Waals surface area contributed by atoms with Gasteiger partial charge in [-0.1, -0.05) is 57.4 Å². The minimum Gasteiger partial charge on any atom is -0.478 e. The van der Waals surface area contributed by atoms with Crippen molar-refractivity contribution in [3.05, 3.63) is 65.4 Å². The minimum absolute atomic E-state index is 0.257. The van der Waals surface area contributed by atoms with Crippen LogP contribution in [0.1, 0.15) is 73.5 Å². The van der Waals surface area contributed by atoms with Crippen molar-refractivity contribution in [3.63, 3.8) is 0 Å². The third-order valence-electron chi connectivity index (χ3n) is 5.14. The highest BCUT2D eigenvalue weighted by atomic mass is 16.4. The summed E-state index contributed by atoms with van der Waals surface area (Å²) in [5, 5.41) is 14.2. The van der Waals surface area contributed by atoms with Crippen LogP contribution < -0.4 is 0 Å². The predicted octanol–water partition coefficient (Wildman–Crippen LogP) is 5.16. The molecule has 0 unspecified atom stereocenters. The molecule has 0 amide bonds. The highest BCUT2D eigenvalue weighted by molar-refractivity contribution is 5.95. The van der Waals surface area contributed by atoms with E-state index in [4.69, 9.17) is 10.1 Å². The lowest BCUT2D eigenvalue weighted by molar-refractivity contribution is 0.0697. The second-order valence-electron chi connectivity index (χ2n) is 7.56. The van der Waals surface area contributed by atoms with Gasteiger partial charge in [-0.25, -0.2) is 14.5 Å². The van der Waals surface area contributed by atoms with Crippen LogP contribution in [0.3, 0.4) is 0 Å². The molecular weight excluding hydrogens is 376 g/mol. The Morgan fingerprint density at radius 2 is 1.80 bits per heavy atom. The molecule has 0 bridgehead atoms. The first-order chi connectivity index (χ1) is 14.6.